The minimum absolute atomic E-state index is 0.178. The molecule has 102 valence electrons. The maximum absolute atomic E-state index is 11.3. The zero-order valence-corrected chi connectivity index (χ0v) is 12.1. The number of H-pyrrole nitrogens is 2. The Morgan fingerprint density at radius 3 is 2.47 bits per heavy atom. The number of anilines is 1. The second-order valence-electron chi connectivity index (χ2n) is 5.21. The lowest BCUT2D eigenvalue weighted by Gasteiger charge is -2.28. The Hall–Kier alpha value is -1.27. The van der Waals surface area contributed by atoms with Gasteiger partial charge in [0.15, 0.2) is 0 Å². The van der Waals surface area contributed by atoms with Gasteiger partial charge >= 0.3 is 5.69 Å². The zero-order valence-electron chi connectivity index (χ0n) is 10.5. The molecule has 19 heavy (non-hydrogen) atoms. The molecule has 0 unspecified atom stereocenters. The van der Waals surface area contributed by atoms with Gasteiger partial charge in [0.25, 0.3) is 0 Å². The fraction of sp³-hybridized carbons (Fsp3) is 0.462. The predicted octanol–water partition coefficient (Wildman–Crippen LogP) is 2.30. The van der Waals surface area contributed by atoms with E-state index in [2.05, 4.69) is 31.2 Å². The normalized spacial score (nSPS) is 23.7. The minimum Gasteiger partial charge on any atom is -0.381 e. The molecule has 1 aliphatic rings. The van der Waals surface area contributed by atoms with Crippen LogP contribution in [0.1, 0.15) is 25.7 Å². The predicted molar refractivity (Wildman–Crippen MR) is 80.5 cm³/mol. The van der Waals surface area contributed by atoms with Gasteiger partial charge in [-0.2, -0.15) is 0 Å². The Balaban J connectivity index is 1.84. The van der Waals surface area contributed by atoms with Crippen LogP contribution in [0.25, 0.3) is 11.0 Å². The van der Waals surface area contributed by atoms with Crippen LogP contribution in [-0.2, 0) is 0 Å². The molecule has 0 atom stereocenters. The van der Waals surface area contributed by atoms with Crippen LogP contribution in [0.2, 0.25) is 0 Å². The number of nitrogens with two attached hydrogens (primary N) is 1. The topological polar surface area (TPSA) is 86.7 Å². The van der Waals surface area contributed by atoms with Crippen LogP contribution in [0.5, 0.6) is 0 Å². The average Bonchev–Trinajstić information content (AvgIpc) is 2.72. The van der Waals surface area contributed by atoms with Crippen molar-refractivity contribution in [1.82, 2.24) is 9.97 Å². The van der Waals surface area contributed by atoms with E-state index in [-0.39, 0.29) is 5.69 Å². The zero-order chi connectivity index (χ0) is 13.4. The number of aromatic amines is 2. The fourth-order valence-corrected chi connectivity index (χ4v) is 3.11. The van der Waals surface area contributed by atoms with Crippen LogP contribution >= 0.6 is 15.9 Å². The Morgan fingerprint density at radius 2 is 1.79 bits per heavy atom. The van der Waals surface area contributed by atoms with Gasteiger partial charge in [0, 0.05) is 16.6 Å². The monoisotopic (exact) mass is 324 g/mol. The fourth-order valence-electron chi connectivity index (χ4n) is 2.65. The molecule has 2 aromatic rings. The van der Waals surface area contributed by atoms with E-state index in [9.17, 15) is 4.79 Å². The summed E-state index contributed by atoms with van der Waals surface area (Å²) >= 11 is 3.54. The van der Waals surface area contributed by atoms with Crippen LogP contribution < -0.4 is 16.7 Å². The molecular weight excluding hydrogens is 308 g/mol. The highest BCUT2D eigenvalue weighted by molar-refractivity contribution is 9.10. The van der Waals surface area contributed by atoms with Gasteiger partial charge in [0.2, 0.25) is 0 Å². The molecule has 0 amide bonds. The molecule has 1 heterocycles. The molecule has 5 N–H and O–H groups in total. The Morgan fingerprint density at radius 1 is 1.16 bits per heavy atom. The van der Waals surface area contributed by atoms with Crippen molar-refractivity contribution in [3.05, 3.63) is 27.1 Å². The third-order valence-electron chi connectivity index (χ3n) is 3.74. The summed E-state index contributed by atoms with van der Waals surface area (Å²) in [5.41, 5.74) is 8.39. The van der Waals surface area contributed by atoms with Gasteiger partial charge in [-0.25, -0.2) is 4.79 Å². The van der Waals surface area contributed by atoms with Gasteiger partial charge in [0.05, 0.1) is 16.7 Å². The molecule has 0 bridgehead atoms. The lowest BCUT2D eigenvalue weighted by atomic mass is 9.91. The first kappa shape index (κ1) is 12.7. The lowest BCUT2D eigenvalue weighted by molar-refractivity contribution is 0.411. The Labute approximate surface area is 119 Å². The van der Waals surface area contributed by atoms with Crippen molar-refractivity contribution in [2.45, 2.75) is 37.8 Å². The van der Waals surface area contributed by atoms with Crippen LogP contribution in [-0.4, -0.2) is 22.1 Å². The number of imidazole rings is 1. The van der Waals surface area contributed by atoms with E-state index in [0.29, 0.717) is 12.1 Å². The summed E-state index contributed by atoms with van der Waals surface area (Å²) in [6.07, 6.45) is 4.32. The third kappa shape index (κ3) is 2.69. The number of nitrogens with one attached hydrogen (secondary N) is 3. The first-order chi connectivity index (χ1) is 9.11. The Bertz CT molecular complexity index is 640. The summed E-state index contributed by atoms with van der Waals surface area (Å²) in [5.74, 6) is 0. The van der Waals surface area contributed by atoms with Crippen molar-refractivity contribution in [3.63, 3.8) is 0 Å². The summed E-state index contributed by atoms with van der Waals surface area (Å²) < 4.78 is 0.963. The molecule has 1 aromatic heterocycles. The number of fused-ring (bicyclic) bond motifs is 1. The summed E-state index contributed by atoms with van der Waals surface area (Å²) in [4.78, 5) is 16.8. The summed E-state index contributed by atoms with van der Waals surface area (Å²) in [7, 11) is 0. The van der Waals surface area contributed by atoms with E-state index in [4.69, 9.17) is 5.73 Å². The standard InChI is InChI=1S/C13H17BrN4O/c14-9-5-11-12(18-13(19)17-11)6-10(9)16-8-3-1-7(15)2-4-8/h5-8,16H,1-4,15H2,(H2,17,18,19). The summed E-state index contributed by atoms with van der Waals surface area (Å²) in [5, 5.41) is 3.53. The molecule has 0 radical (unpaired) electrons. The van der Waals surface area contributed by atoms with E-state index in [1.165, 1.54) is 0 Å². The maximum atomic E-state index is 11.3. The number of hydrogen-bond donors (Lipinski definition) is 4. The average molecular weight is 325 g/mol. The van der Waals surface area contributed by atoms with Crippen molar-refractivity contribution in [2.24, 2.45) is 5.73 Å². The van der Waals surface area contributed by atoms with E-state index in [1.54, 1.807) is 0 Å². The molecular formula is C13H17BrN4O. The van der Waals surface area contributed by atoms with Gasteiger partial charge in [0.1, 0.15) is 0 Å². The van der Waals surface area contributed by atoms with E-state index >= 15 is 0 Å². The van der Waals surface area contributed by atoms with Gasteiger partial charge in [-0.3, -0.25) is 0 Å². The smallest absolute Gasteiger partial charge is 0.323 e. The molecule has 0 saturated heterocycles. The van der Waals surface area contributed by atoms with Gasteiger partial charge < -0.3 is 21.0 Å². The highest BCUT2D eigenvalue weighted by Crippen LogP contribution is 2.29. The van der Waals surface area contributed by atoms with E-state index < -0.39 is 0 Å². The Kier molecular flexibility index (Phi) is 3.36. The second kappa shape index (κ2) is 5.02. The minimum atomic E-state index is -0.178. The van der Waals surface area contributed by atoms with Crippen molar-refractivity contribution < 1.29 is 0 Å². The van der Waals surface area contributed by atoms with Crippen LogP contribution in [0.15, 0.2) is 21.4 Å². The van der Waals surface area contributed by atoms with Crippen molar-refractivity contribution in [1.29, 1.82) is 0 Å². The highest BCUT2D eigenvalue weighted by atomic mass is 79.9. The summed E-state index contributed by atoms with van der Waals surface area (Å²) in [6, 6.07) is 4.69. The summed E-state index contributed by atoms with van der Waals surface area (Å²) in [6.45, 7) is 0. The number of hydrogen-bond acceptors (Lipinski definition) is 3. The van der Waals surface area contributed by atoms with Crippen molar-refractivity contribution >= 4 is 32.7 Å². The first-order valence-corrected chi connectivity index (χ1v) is 7.35. The van der Waals surface area contributed by atoms with Crippen LogP contribution in [0.4, 0.5) is 5.69 Å². The number of rotatable bonds is 2. The molecule has 1 aliphatic carbocycles. The molecule has 0 aliphatic heterocycles. The molecule has 1 fully saturated rings. The first-order valence-electron chi connectivity index (χ1n) is 6.55. The van der Waals surface area contributed by atoms with Crippen LogP contribution in [0.3, 0.4) is 0 Å². The lowest BCUT2D eigenvalue weighted by Crippen LogP contribution is -2.32. The number of benzene rings is 1. The molecule has 3 rings (SSSR count). The second-order valence-corrected chi connectivity index (χ2v) is 6.07. The van der Waals surface area contributed by atoms with Gasteiger partial charge in [-0.15, -0.1) is 0 Å². The number of aromatic nitrogens is 2. The van der Waals surface area contributed by atoms with Gasteiger partial charge in [-0.1, -0.05) is 0 Å². The molecule has 5 nitrogen and oxygen atoms in total. The third-order valence-corrected chi connectivity index (χ3v) is 4.39. The molecule has 1 saturated carbocycles. The highest BCUT2D eigenvalue weighted by Gasteiger charge is 2.19. The van der Waals surface area contributed by atoms with E-state index in [1.807, 2.05) is 12.1 Å². The van der Waals surface area contributed by atoms with Crippen molar-refractivity contribution in [3.8, 4) is 0 Å². The maximum Gasteiger partial charge on any atom is 0.323 e. The largest absolute Gasteiger partial charge is 0.381 e. The number of halogens is 1. The van der Waals surface area contributed by atoms with Gasteiger partial charge in [-0.05, 0) is 53.7 Å². The van der Waals surface area contributed by atoms with E-state index in [0.717, 1.165) is 46.9 Å². The molecule has 0 spiro atoms. The van der Waals surface area contributed by atoms with Crippen molar-refractivity contribution in [2.75, 3.05) is 5.32 Å². The SMILES string of the molecule is NC1CCC(Nc2cc3[nH]c(=O)[nH]c3cc2Br)CC1. The molecule has 6 heteroatoms. The molecule has 1 aromatic carbocycles. The quantitative estimate of drug-likeness (QED) is 0.683. The van der Waals surface area contributed by atoms with Crippen LogP contribution in [0, 0.1) is 0 Å².